The maximum Gasteiger partial charge on any atom is 0.0649 e. The van der Waals surface area contributed by atoms with Crippen LogP contribution in [0.2, 0.25) is 5.02 Å². The highest BCUT2D eigenvalue weighted by atomic mass is 35.5. The molecule has 2 N–H and O–H groups in total. The minimum Gasteiger partial charge on any atom is -0.330 e. The second-order valence-corrected chi connectivity index (χ2v) is 5.18. The van der Waals surface area contributed by atoms with Crippen LogP contribution in [-0.2, 0) is 6.42 Å². The topological polar surface area (TPSA) is 43.8 Å². The van der Waals surface area contributed by atoms with Crippen LogP contribution >= 0.6 is 11.6 Å². The summed E-state index contributed by atoms with van der Waals surface area (Å²) in [5, 5.41) is 5.25. The molecule has 2 aromatic carbocycles. The molecule has 0 saturated heterocycles. The van der Waals surface area contributed by atoms with Crippen LogP contribution < -0.4 is 5.73 Å². The van der Waals surface area contributed by atoms with E-state index in [1.54, 1.807) is 0 Å². The molecule has 0 fully saturated rings. The van der Waals surface area contributed by atoms with E-state index in [2.05, 4.69) is 5.10 Å². The van der Waals surface area contributed by atoms with Gasteiger partial charge in [-0.3, -0.25) is 0 Å². The molecule has 0 atom stereocenters. The number of para-hydroxylation sites is 1. The predicted molar refractivity (Wildman–Crippen MR) is 86.8 cm³/mol. The standard InChI is InChI=1S/C17H16ClN3/c18-16-9-5-4-8-14(16)15-12-20-21(17(15)10-11-19)13-6-2-1-3-7-13/h1-9,12H,10-11,19H2. The smallest absolute Gasteiger partial charge is 0.0649 e. The lowest BCUT2D eigenvalue weighted by molar-refractivity contribution is 0.792. The molecule has 3 nitrogen and oxygen atoms in total. The van der Waals surface area contributed by atoms with Gasteiger partial charge in [-0.25, -0.2) is 4.68 Å². The lowest BCUT2D eigenvalue weighted by atomic mass is 10.0. The molecule has 21 heavy (non-hydrogen) atoms. The molecular weight excluding hydrogens is 282 g/mol. The van der Waals surface area contributed by atoms with E-state index < -0.39 is 0 Å². The van der Waals surface area contributed by atoms with Crippen LogP contribution in [0.1, 0.15) is 5.69 Å². The number of nitrogens with zero attached hydrogens (tertiary/aromatic N) is 2. The number of hydrogen-bond acceptors (Lipinski definition) is 2. The fraction of sp³-hybridized carbons (Fsp3) is 0.118. The SMILES string of the molecule is NCCc1c(-c2ccccc2Cl)cnn1-c1ccccc1. The molecule has 0 bridgehead atoms. The Hall–Kier alpha value is -2.10. The molecule has 4 heteroatoms. The highest BCUT2D eigenvalue weighted by molar-refractivity contribution is 6.33. The van der Waals surface area contributed by atoms with Gasteiger partial charge in [-0.1, -0.05) is 48.0 Å². The molecular formula is C17H16ClN3. The van der Waals surface area contributed by atoms with Gasteiger partial charge in [0, 0.05) is 22.6 Å². The summed E-state index contributed by atoms with van der Waals surface area (Å²) < 4.78 is 1.94. The van der Waals surface area contributed by atoms with Gasteiger partial charge in [-0.05, 0) is 24.7 Å². The summed E-state index contributed by atoms with van der Waals surface area (Å²) in [5.41, 5.74) is 9.91. The lowest BCUT2D eigenvalue weighted by Crippen LogP contribution is -2.09. The number of hydrogen-bond donors (Lipinski definition) is 1. The molecule has 0 aliphatic carbocycles. The van der Waals surface area contributed by atoms with Crippen LogP contribution in [0.15, 0.2) is 60.8 Å². The molecule has 3 rings (SSSR count). The Kier molecular flexibility index (Phi) is 4.04. The average molecular weight is 298 g/mol. The van der Waals surface area contributed by atoms with Crippen molar-refractivity contribution >= 4 is 11.6 Å². The molecule has 1 aromatic heterocycles. The van der Waals surface area contributed by atoms with Crippen molar-refractivity contribution < 1.29 is 0 Å². The quantitative estimate of drug-likeness (QED) is 0.798. The van der Waals surface area contributed by atoms with Gasteiger partial charge in [0.1, 0.15) is 0 Å². The molecule has 0 aliphatic heterocycles. The van der Waals surface area contributed by atoms with Crippen LogP contribution in [0.5, 0.6) is 0 Å². The highest BCUT2D eigenvalue weighted by Crippen LogP contribution is 2.31. The molecule has 0 saturated carbocycles. The summed E-state index contributed by atoms with van der Waals surface area (Å²) in [5.74, 6) is 0. The summed E-state index contributed by atoms with van der Waals surface area (Å²) >= 11 is 6.32. The maximum absolute atomic E-state index is 6.32. The van der Waals surface area contributed by atoms with E-state index in [0.717, 1.165) is 34.0 Å². The molecule has 0 aliphatic rings. The summed E-state index contributed by atoms with van der Waals surface area (Å²) in [6, 6.07) is 17.9. The van der Waals surface area contributed by atoms with Gasteiger partial charge in [-0.15, -0.1) is 0 Å². The zero-order valence-corrected chi connectivity index (χ0v) is 12.3. The number of aromatic nitrogens is 2. The Bertz CT molecular complexity index is 735. The van der Waals surface area contributed by atoms with Gasteiger partial charge in [-0.2, -0.15) is 5.10 Å². The van der Waals surface area contributed by atoms with Crippen molar-refractivity contribution in [1.29, 1.82) is 0 Å². The third kappa shape index (κ3) is 2.71. The van der Waals surface area contributed by atoms with Crippen molar-refractivity contribution in [3.05, 3.63) is 71.5 Å². The highest BCUT2D eigenvalue weighted by Gasteiger charge is 2.15. The molecule has 0 amide bonds. The van der Waals surface area contributed by atoms with E-state index in [-0.39, 0.29) is 0 Å². The van der Waals surface area contributed by atoms with Crippen molar-refractivity contribution in [2.24, 2.45) is 5.73 Å². The normalized spacial score (nSPS) is 10.8. The van der Waals surface area contributed by atoms with E-state index in [9.17, 15) is 0 Å². The largest absolute Gasteiger partial charge is 0.330 e. The molecule has 0 radical (unpaired) electrons. The molecule has 1 heterocycles. The minimum absolute atomic E-state index is 0.565. The number of benzene rings is 2. The van der Waals surface area contributed by atoms with E-state index in [1.165, 1.54) is 0 Å². The fourth-order valence-corrected chi connectivity index (χ4v) is 2.68. The van der Waals surface area contributed by atoms with Gasteiger partial charge in [0.25, 0.3) is 0 Å². The van der Waals surface area contributed by atoms with Crippen LogP contribution in [0.3, 0.4) is 0 Å². The van der Waals surface area contributed by atoms with Gasteiger partial charge in [0.2, 0.25) is 0 Å². The summed E-state index contributed by atoms with van der Waals surface area (Å²) in [6.07, 6.45) is 2.61. The summed E-state index contributed by atoms with van der Waals surface area (Å²) in [4.78, 5) is 0. The van der Waals surface area contributed by atoms with Crippen molar-refractivity contribution in [3.63, 3.8) is 0 Å². The van der Waals surface area contributed by atoms with Crippen molar-refractivity contribution in [3.8, 4) is 16.8 Å². The van der Waals surface area contributed by atoms with E-state index in [4.69, 9.17) is 17.3 Å². The van der Waals surface area contributed by atoms with Crippen molar-refractivity contribution in [2.75, 3.05) is 6.54 Å². The first kappa shape index (κ1) is 13.9. The Labute approximate surface area is 129 Å². The van der Waals surface area contributed by atoms with Crippen molar-refractivity contribution in [2.45, 2.75) is 6.42 Å². The van der Waals surface area contributed by atoms with Crippen molar-refractivity contribution in [1.82, 2.24) is 9.78 Å². The Balaban J connectivity index is 2.15. The Morgan fingerprint density at radius 2 is 1.67 bits per heavy atom. The number of rotatable bonds is 4. The van der Waals surface area contributed by atoms with Gasteiger partial charge in [0.05, 0.1) is 17.6 Å². The first-order chi connectivity index (χ1) is 10.3. The maximum atomic E-state index is 6.32. The first-order valence-corrected chi connectivity index (χ1v) is 7.26. The predicted octanol–water partition coefficient (Wildman–Crippen LogP) is 3.69. The van der Waals surface area contributed by atoms with E-state index >= 15 is 0 Å². The monoisotopic (exact) mass is 297 g/mol. The van der Waals surface area contributed by atoms with Crippen LogP contribution in [0.25, 0.3) is 16.8 Å². The third-order valence-corrected chi connectivity index (χ3v) is 3.74. The van der Waals surface area contributed by atoms with Gasteiger partial charge >= 0.3 is 0 Å². The molecule has 0 spiro atoms. The third-order valence-electron chi connectivity index (χ3n) is 3.41. The lowest BCUT2D eigenvalue weighted by Gasteiger charge is -2.10. The summed E-state index contributed by atoms with van der Waals surface area (Å²) in [7, 11) is 0. The second kappa shape index (κ2) is 6.12. The number of nitrogens with two attached hydrogens (primary N) is 1. The molecule has 0 unspecified atom stereocenters. The Morgan fingerprint density at radius 3 is 2.38 bits per heavy atom. The first-order valence-electron chi connectivity index (χ1n) is 6.88. The minimum atomic E-state index is 0.565. The Morgan fingerprint density at radius 1 is 0.952 bits per heavy atom. The molecule has 3 aromatic rings. The van der Waals surface area contributed by atoms with Gasteiger partial charge in [0.15, 0.2) is 0 Å². The van der Waals surface area contributed by atoms with Crippen LogP contribution in [-0.4, -0.2) is 16.3 Å². The second-order valence-electron chi connectivity index (χ2n) is 4.77. The molecule has 106 valence electrons. The van der Waals surface area contributed by atoms with E-state index in [0.29, 0.717) is 6.54 Å². The number of halogens is 1. The zero-order chi connectivity index (χ0) is 14.7. The van der Waals surface area contributed by atoms with Crippen LogP contribution in [0, 0.1) is 0 Å². The van der Waals surface area contributed by atoms with E-state index in [1.807, 2.05) is 65.5 Å². The fourth-order valence-electron chi connectivity index (χ4n) is 2.45. The van der Waals surface area contributed by atoms with Crippen LogP contribution in [0.4, 0.5) is 0 Å². The van der Waals surface area contributed by atoms with Gasteiger partial charge < -0.3 is 5.73 Å². The zero-order valence-electron chi connectivity index (χ0n) is 11.5. The average Bonchev–Trinajstić information content (AvgIpc) is 2.93. The summed E-state index contributed by atoms with van der Waals surface area (Å²) in [6.45, 7) is 0.565.